The maximum absolute atomic E-state index is 14.3. The molecular formula is C24H33FO7. The molecule has 0 saturated carbocycles. The van der Waals surface area contributed by atoms with Gasteiger partial charge in [0.15, 0.2) is 30.1 Å². The first-order valence-corrected chi connectivity index (χ1v) is 11.3. The predicted octanol–water partition coefficient (Wildman–Crippen LogP) is 3.68. The number of fused-ring (bicyclic) bond motifs is 1. The number of halogens is 1. The zero-order valence-corrected chi connectivity index (χ0v) is 19.1. The van der Waals surface area contributed by atoms with Crippen molar-refractivity contribution in [3.05, 3.63) is 35.9 Å². The molecule has 3 heterocycles. The number of hydrogen-bond acceptors (Lipinski definition) is 7. The lowest BCUT2D eigenvalue weighted by molar-refractivity contribution is -0.235. The fraction of sp³-hybridized carbons (Fsp3) is 0.708. The molecule has 0 radical (unpaired) electrons. The highest BCUT2D eigenvalue weighted by molar-refractivity contribution is 5.69. The Hall–Kier alpha value is -1.58. The van der Waals surface area contributed by atoms with Crippen LogP contribution in [0, 0.1) is 0 Å². The third kappa shape index (κ3) is 5.66. The molecule has 4 rings (SSSR count). The highest BCUT2D eigenvalue weighted by Gasteiger charge is 2.59. The van der Waals surface area contributed by atoms with E-state index < -0.39 is 54.4 Å². The molecule has 3 saturated heterocycles. The summed E-state index contributed by atoms with van der Waals surface area (Å²) >= 11 is 0. The van der Waals surface area contributed by atoms with Crippen molar-refractivity contribution in [2.75, 3.05) is 6.61 Å². The summed E-state index contributed by atoms with van der Waals surface area (Å²) in [6.45, 7) is 7.53. The smallest absolute Gasteiger partial charge is 0.306 e. The predicted molar refractivity (Wildman–Crippen MR) is 112 cm³/mol. The van der Waals surface area contributed by atoms with Crippen LogP contribution in [0.1, 0.15) is 52.5 Å². The zero-order chi connectivity index (χ0) is 22.9. The van der Waals surface area contributed by atoms with Crippen molar-refractivity contribution in [3.63, 3.8) is 0 Å². The second-order valence-corrected chi connectivity index (χ2v) is 9.57. The monoisotopic (exact) mass is 452 g/mol. The molecule has 0 spiro atoms. The highest BCUT2D eigenvalue weighted by atomic mass is 19.1. The van der Waals surface area contributed by atoms with E-state index in [1.807, 2.05) is 44.2 Å². The minimum absolute atomic E-state index is 0.119. The minimum atomic E-state index is -1.00. The van der Waals surface area contributed by atoms with Gasteiger partial charge in [-0.25, -0.2) is 4.39 Å². The van der Waals surface area contributed by atoms with Crippen LogP contribution in [0.15, 0.2) is 30.3 Å². The molecule has 0 N–H and O–H groups in total. The number of alkyl halides is 1. The quantitative estimate of drug-likeness (QED) is 0.557. The lowest BCUT2D eigenvalue weighted by Gasteiger charge is -2.28. The molecule has 0 amide bonds. The van der Waals surface area contributed by atoms with E-state index in [4.69, 9.17) is 28.4 Å². The number of ether oxygens (including phenoxy) is 6. The highest BCUT2D eigenvalue weighted by Crippen LogP contribution is 2.42. The third-order valence-electron chi connectivity index (χ3n) is 5.89. The minimum Gasteiger partial charge on any atom is -0.456 e. The van der Waals surface area contributed by atoms with Gasteiger partial charge in [-0.3, -0.25) is 4.79 Å². The SMILES string of the molecule is CC1(C)OCC([C@@H]2O[C@H]3OC(C)(C)O[C@H]3[C@@H]2OC(=O)CCCC(F)Cc2ccccc2)O1. The van der Waals surface area contributed by atoms with Crippen molar-refractivity contribution in [3.8, 4) is 0 Å². The Morgan fingerprint density at radius 2 is 1.84 bits per heavy atom. The van der Waals surface area contributed by atoms with Crippen molar-refractivity contribution >= 4 is 5.97 Å². The molecule has 2 unspecified atom stereocenters. The summed E-state index contributed by atoms with van der Waals surface area (Å²) in [5.74, 6) is -1.99. The molecular weight excluding hydrogens is 419 g/mol. The number of carbonyl (C=O) groups is 1. The van der Waals surface area contributed by atoms with Crippen LogP contribution < -0.4 is 0 Å². The molecule has 3 aliphatic heterocycles. The molecule has 178 valence electrons. The number of esters is 1. The molecule has 3 fully saturated rings. The molecule has 32 heavy (non-hydrogen) atoms. The van der Waals surface area contributed by atoms with E-state index in [1.54, 1.807) is 13.8 Å². The van der Waals surface area contributed by atoms with E-state index in [0.29, 0.717) is 25.9 Å². The standard InChI is InChI=1S/C24H33FO7/c1-23(2)27-14-17(30-23)19-20(21-22(29-19)32-24(3,4)31-21)28-18(26)12-8-11-16(25)13-15-9-6-5-7-10-15/h5-7,9-10,16-17,19-22H,8,11-14H2,1-4H3/t16?,17?,19-,20+,21-,22-/m0/s1. The van der Waals surface area contributed by atoms with Crippen LogP contribution in [0.4, 0.5) is 4.39 Å². The Bertz CT molecular complexity index is 784. The summed E-state index contributed by atoms with van der Waals surface area (Å²) in [5.41, 5.74) is 0.947. The van der Waals surface area contributed by atoms with Crippen LogP contribution in [-0.2, 0) is 39.6 Å². The van der Waals surface area contributed by atoms with Crippen LogP contribution in [0.25, 0.3) is 0 Å². The number of carbonyl (C=O) groups excluding carboxylic acids is 1. The summed E-state index contributed by atoms with van der Waals surface area (Å²) in [5, 5.41) is 0. The number of rotatable bonds is 8. The summed E-state index contributed by atoms with van der Waals surface area (Å²) in [6.07, 6.45) is -2.74. The van der Waals surface area contributed by atoms with Crippen molar-refractivity contribution in [1.82, 2.24) is 0 Å². The van der Waals surface area contributed by atoms with Gasteiger partial charge in [0.2, 0.25) is 0 Å². The summed E-state index contributed by atoms with van der Waals surface area (Å²) < 4.78 is 49.5. The molecule has 8 heteroatoms. The van der Waals surface area contributed by atoms with E-state index in [0.717, 1.165) is 5.56 Å². The second kappa shape index (κ2) is 9.35. The van der Waals surface area contributed by atoms with E-state index in [1.165, 1.54) is 0 Å². The number of benzene rings is 1. The van der Waals surface area contributed by atoms with E-state index in [-0.39, 0.29) is 6.42 Å². The van der Waals surface area contributed by atoms with E-state index in [2.05, 4.69) is 0 Å². The van der Waals surface area contributed by atoms with E-state index in [9.17, 15) is 9.18 Å². The Morgan fingerprint density at radius 1 is 1.09 bits per heavy atom. The van der Waals surface area contributed by atoms with E-state index >= 15 is 0 Å². The Labute approximate surface area is 188 Å². The van der Waals surface area contributed by atoms with Crippen LogP contribution in [0.3, 0.4) is 0 Å². The first-order valence-electron chi connectivity index (χ1n) is 11.3. The van der Waals surface area contributed by atoms with Gasteiger partial charge < -0.3 is 28.4 Å². The lowest BCUT2D eigenvalue weighted by atomic mass is 10.0. The fourth-order valence-corrected chi connectivity index (χ4v) is 4.47. The maximum atomic E-state index is 14.3. The molecule has 0 aliphatic carbocycles. The van der Waals surface area contributed by atoms with Crippen molar-refractivity contribution in [1.29, 1.82) is 0 Å². The van der Waals surface area contributed by atoms with Crippen LogP contribution in [0.5, 0.6) is 0 Å². The molecule has 1 aromatic rings. The molecule has 3 aliphatic rings. The zero-order valence-electron chi connectivity index (χ0n) is 19.1. The molecule has 7 nitrogen and oxygen atoms in total. The van der Waals surface area contributed by atoms with Gasteiger partial charge in [0, 0.05) is 12.8 Å². The van der Waals surface area contributed by atoms with Crippen molar-refractivity contribution < 1.29 is 37.6 Å². The first-order chi connectivity index (χ1) is 15.1. The van der Waals surface area contributed by atoms with Gasteiger partial charge >= 0.3 is 5.97 Å². The van der Waals surface area contributed by atoms with Gasteiger partial charge in [0.25, 0.3) is 0 Å². The molecule has 6 atom stereocenters. The Balaban J connectivity index is 1.31. The second-order valence-electron chi connectivity index (χ2n) is 9.57. The van der Waals surface area contributed by atoms with Crippen LogP contribution in [0.2, 0.25) is 0 Å². The number of hydrogen-bond donors (Lipinski definition) is 0. The Morgan fingerprint density at radius 3 is 2.53 bits per heavy atom. The summed E-state index contributed by atoms with van der Waals surface area (Å²) in [6, 6.07) is 9.49. The molecule has 1 aromatic carbocycles. The van der Waals surface area contributed by atoms with Gasteiger partial charge in [-0.05, 0) is 46.1 Å². The summed E-state index contributed by atoms with van der Waals surface area (Å²) in [4.78, 5) is 12.6. The maximum Gasteiger partial charge on any atom is 0.306 e. The average Bonchev–Trinajstić information content (AvgIpc) is 3.32. The van der Waals surface area contributed by atoms with Gasteiger partial charge in [-0.2, -0.15) is 0 Å². The molecule has 0 aromatic heterocycles. The molecule has 0 bridgehead atoms. The third-order valence-corrected chi connectivity index (χ3v) is 5.89. The van der Waals surface area contributed by atoms with Crippen LogP contribution in [-0.4, -0.2) is 61.0 Å². The fourth-order valence-electron chi connectivity index (χ4n) is 4.47. The normalized spacial score (nSPS) is 33.7. The topological polar surface area (TPSA) is 72.5 Å². The summed E-state index contributed by atoms with van der Waals surface area (Å²) in [7, 11) is 0. The van der Waals surface area contributed by atoms with Gasteiger partial charge in [0.1, 0.15) is 18.4 Å². The average molecular weight is 453 g/mol. The van der Waals surface area contributed by atoms with Crippen molar-refractivity contribution in [2.24, 2.45) is 0 Å². The van der Waals surface area contributed by atoms with Crippen molar-refractivity contribution in [2.45, 2.75) is 102 Å². The van der Waals surface area contributed by atoms with Crippen LogP contribution >= 0.6 is 0 Å². The Kier molecular flexibility index (Phi) is 6.89. The van der Waals surface area contributed by atoms with Gasteiger partial charge in [0.05, 0.1) is 6.61 Å². The van der Waals surface area contributed by atoms with Gasteiger partial charge in [-0.1, -0.05) is 30.3 Å². The largest absolute Gasteiger partial charge is 0.456 e. The van der Waals surface area contributed by atoms with Gasteiger partial charge in [-0.15, -0.1) is 0 Å². The first kappa shape index (κ1) is 23.6. The lowest BCUT2D eigenvalue weighted by Crippen LogP contribution is -2.45.